The summed E-state index contributed by atoms with van der Waals surface area (Å²) >= 11 is 0. The van der Waals surface area contributed by atoms with Crippen LogP contribution in [0.4, 0.5) is 0 Å². The largest absolute Gasteiger partial charge is 0.481 e. The van der Waals surface area contributed by atoms with Gasteiger partial charge in [0.25, 0.3) is 0 Å². The first kappa shape index (κ1) is 36.6. The Morgan fingerprint density at radius 2 is 1.74 bits per heavy atom. The molecule has 0 radical (unpaired) electrons. The van der Waals surface area contributed by atoms with Gasteiger partial charge in [0.05, 0.1) is 35.9 Å². The summed E-state index contributed by atoms with van der Waals surface area (Å²) in [5.74, 6) is -1.49. The lowest BCUT2D eigenvalue weighted by atomic mass is 9.42. The molecule has 0 aromatic carbocycles. The van der Waals surface area contributed by atoms with Crippen molar-refractivity contribution in [1.29, 1.82) is 0 Å². The summed E-state index contributed by atoms with van der Waals surface area (Å²) in [6, 6.07) is 0. The molecule has 4 aliphatic carbocycles. The summed E-state index contributed by atoms with van der Waals surface area (Å²) in [7, 11) is 1.53. The summed E-state index contributed by atoms with van der Waals surface area (Å²) in [5, 5.41) is 63.9. The van der Waals surface area contributed by atoms with Crippen molar-refractivity contribution in [3.63, 3.8) is 0 Å². The highest BCUT2D eigenvalue weighted by Crippen LogP contribution is 2.70. The van der Waals surface area contributed by atoms with E-state index in [9.17, 15) is 40.2 Å². The van der Waals surface area contributed by atoms with Crippen molar-refractivity contribution < 1.29 is 68.6 Å². The fourth-order valence-corrected chi connectivity index (χ4v) is 11.6. The molecule has 0 unspecified atom stereocenters. The molecule has 6 fully saturated rings. The number of methoxy groups -OCH3 is 1. The first-order chi connectivity index (χ1) is 23.8. The molecule has 14 heteroatoms. The molecule has 4 saturated carbocycles. The quantitative estimate of drug-likeness (QED) is 0.154. The van der Waals surface area contributed by atoms with Crippen LogP contribution >= 0.6 is 0 Å². The second-order valence-electron chi connectivity index (χ2n) is 16.2. The van der Waals surface area contributed by atoms with E-state index in [2.05, 4.69) is 6.92 Å². The number of esters is 1. The summed E-state index contributed by atoms with van der Waals surface area (Å²) in [6.45, 7) is 3.60. The molecular weight excluding hydrogens is 656 g/mol. The van der Waals surface area contributed by atoms with Crippen LogP contribution in [-0.4, -0.2) is 130 Å². The van der Waals surface area contributed by atoms with E-state index in [-0.39, 0.29) is 42.4 Å². The minimum Gasteiger partial charge on any atom is -0.481 e. The number of hydrogen-bond acceptors (Lipinski definition) is 13. The Kier molecular flexibility index (Phi) is 9.97. The Labute approximate surface area is 292 Å². The Hall–Kier alpha value is -1.72. The predicted octanol–water partition coefficient (Wildman–Crippen LogP) is 1.03. The van der Waals surface area contributed by atoms with Gasteiger partial charge in [-0.05, 0) is 94.0 Å². The zero-order valence-corrected chi connectivity index (χ0v) is 29.1. The second kappa shape index (κ2) is 13.6. The van der Waals surface area contributed by atoms with Crippen molar-refractivity contribution in [3.8, 4) is 0 Å². The number of ether oxygens (including phenoxy) is 6. The number of carboxylic acids is 1. The molecule has 0 aromatic rings. The highest BCUT2D eigenvalue weighted by atomic mass is 16.7. The fourth-order valence-electron chi connectivity index (χ4n) is 11.6. The van der Waals surface area contributed by atoms with Gasteiger partial charge in [0, 0.05) is 25.0 Å². The van der Waals surface area contributed by atoms with Gasteiger partial charge in [0.2, 0.25) is 0 Å². The minimum absolute atomic E-state index is 0.0403. The lowest BCUT2D eigenvalue weighted by Crippen LogP contribution is -2.64. The molecule has 50 heavy (non-hydrogen) atoms. The highest BCUT2D eigenvalue weighted by Gasteiger charge is 2.70. The molecule has 14 nitrogen and oxygen atoms in total. The number of aliphatic carboxylic acids is 1. The number of rotatable bonds is 8. The number of cyclic esters (lactones) is 1. The van der Waals surface area contributed by atoms with E-state index in [1.54, 1.807) is 13.0 Å². The van der Waals surface area contributed by atoms with Crippen molar-refractivity contribution in [3.05, 3.63) is 11.6 Å². The number of carbonyl (C=O) groups is 2. The van der Waals surface area contributed by atoms with Crippen LogP contribution in [0.15, 0.2) is 11.6 Å². The maximum Gasteiger partial charge on any atom is 0.331 e. The van der Waals surface area contributed by atoms with Gasteiger partial charge >= 0.3 is 11.9 Å². The van der Waals surface area contributed by atoms with E-state index in [0.717, 1.165) is 18.4 Å². The molecule has 3 heterocycles. The van der Waals surface area contributed by atoms with Gasteiger partial charge in [-0.1, -0.05) is 6.92 Å². The molecule has 17 atom stereocenters. The standard InChI is InChI=1S/C36H54O14/c1-17-31(50-32-30(41)29(40)28(39)25(15-37)49-32)24(45-3)14-27(47-17)48-20-6-10-35(33(42)43)19(13-20)4-5-23-22(35)7-9-34(2)21(8-11-36(23,34)44)18-12-26(38)46-16-18/h12,17,19-25,27-32,37,39-41,44H,4-11,13-16H2,1-3H3,(H,42,43)/t17-,19+,20+,21-,22+,23-,24+,25-,27+,28-,29+,30-,31+,32+,34-,35-,36+/m1/s1. The van der Waals surface area contributed by atoms with Gasteiger partial charge in [0.15, 0.2) is 12.6 Å². The number of aliphatic hydroxyl groups excluding tert-OH is 4. The summed E-state index contributed by atoms with van der Waals surface area (Å²) in [6.07, 6.45) is -2.21. The molecule has 6 N–H and O–H groups in total. The molecule has 0 aromatic heterocycles. The Morgan fingerprint density at radius 3 is 2.42 bits per heavy atom. The molecule has 3 aliphatic heterocycles. The monoisotopic (exact) mass is 710 g/mol. The van der Waals surface area contributed by atoms with Crippen molar-refractivity contribution in [2.75, 3.05) is 20.3 Å². The van der Waals surface area contributed by atoms with Gasteiger partial charge in [-0.15, -0.1) is 0 Å². The van der Waals surface area contributed by atoms with Crippen molar-refractivity contribution in [1.82, 2.24) is 0 Å². The Bertz CT molecular complexity index is 1320. The van der Waals surface area contributed by atoms with Crippen LogP contribution in [0, 0.1) is 34.5 Å². The van der Waals surface area contributed by atoms with E-state index >= 15 is 0 Å². The van der Waals surface area contributed by atoms with E-state index in [1.807, 2.05) is 0 Å². The zero-order valence-electron chi connectivity index (χ0n) is 29.1. The third kappa shape index (κ3) is 5.68. The van der Waals surface area contributed by atoms with E-state index in [1.165, 1.54) is 7.11 Å². The number of carbonyl (C=O) groups excluding carboxylic acids is 1. The molecular formula is C36H54O14. The fraction of sp³-hybridized carbons (Fsp3) is 0.889. The zero-order chi connectivity index (χ0) is 35.7. The van der Waals surface area contributed by atoms with Crippen LogP contribution in [0.2, 0.25) is 0 Å². The van der Waals surface area contributed by atoms with Crippen molar-refractivity contribution >= 4 is 11.9 Å². The molecule has 282 valence electrons. The van der Waals surface area contributed by atoms with E-state index < -0.39 is 84.3 Å². The molecule has 7 aliphatic rings. The number of carboxylic acid groups (broad SMARTS) is 1. The van der Waals surface area contributed by atoms with Crippen molar-refractivity contribution in [2.45, 2.75) is 145 Å². The van der Waals surface area contributed by atoms with Gasteiger partial charge in [-0.2, -0.15) is 0 Å². The topological polar surface area (TPSA) is 211 Å². The smallest absolute Gasteiger partial charge is 0.331 e. The van der Waals surface area contributed by atoms with Crippen LogP contribution in [0.25, 0.3) is 0 Å². The lowest BCUT2D eigenvalue weighted by Gasteiger charge is -2.63. The number of aliphatic hydroxyl groups is 5. The van der Waals surface area contributed by atoms with Gasteiger partial charge in [-0.3, -0.25) is 4.79 Å². The van der Waals surface area contributed by atoms with Gasteiger partial charge < -0.3 is 59.1 Å². The molecule has 0 amide bonds. The second-order valence-corrected chi connectivity index (χ2v) is 16.2. The maximum atomic E-state index is 13.4. The maximum absolute atomic E-state index is 13.4. The molecule has 0 bridgehead atoms. The van der Waals surface area contributed by atoms with Crippen LogP contribution in [0.3, 0.4) is 0 Å². The summed E-state index contributed by atoms with van der Waals surface area (Å²) in [4.78, 5) is 25.3. The molecule has 2 saturated heterocycles. The minimum atomic E-state index is -1.57. The molecule has 7 rings (SSSR count). The highest BCUT2D eigenvalue weighted by molar-refractivity contribution is 5.85. The normalized spacial score (nSPS) is 52.0. The summed E-state index contributed by atoms with van der Waals surface area (Å²) < 4.78 is 35.3. The van der Waals surface area contributed by atoms with Crippen molar-refractivity contribution in [2.24, 2.45) is 34.5 Å². The Morgan fingerprint density at radius 1 is 0.960 bits per heavy atom. The lowest BCUT2D eigenvalue weighted by molar-refractivity contribution is -0.345. The van der Waals surface area contributed by atoms with Crippen LogP contribution < -0.4 is 0 Å². The van der Waals surface area contributed by atoms with E-state index in [0.29, 0.717) is 51.4 Å². The number of fused-ring (bicyclic) bond motifs is 5. The summed E-state index contributed by atoms with van der Waals surface area (Å²) in [5.41, 5.74) is -1.46. The van der Waals surface area contributed by atoms with Gasteiger partial charge in [-0.25, -0.2) is 4.79 Å². The van der Waals surface area contributed by atoms with E-state index in [4.69, 9.17) is 28.4 Å². The first-order valence-electron chi connectivity index (χ1n) is 18.4. The predicted molar refractivity (Wildman–Crippen MR) is 171 cm³/mol. The number of hydrogen-bond donors (Lipinski definition) is 6. The van der Waals surface area contributed by atoms with Crippen LogP contribution in [0.5, 0.6) is 0 Å². The SMILES string of the molecule is CO[C@H]1C[C@H](O[C@H]2CC[C@@]3(C(=O)O)[C@@H](CC[C@@H]4[C@@H]3CC[C@]3(C)[C@@H](C5=CC(=O)OC5)CC[C@]43O)C2)O[C@H](C)[C@@H]1O[C@@H]1O[C@H](CO)[C@@H](O)[C@H](O)[C@H]1O. The average molecular weight is 711 g/mol. The average Bonchev–Trinajstić information content (AvgIpc) is 3.64. The first-order valence-corrected chi connectivity index (χ1v) is 18.4. The third-order valence-corrected chi connectivity index (χ3v) is 14.2. The molecule has 0 spiro atoms. The van der Waals surface area contributed by atoms with Gasteiger partial charge in [0.1, 0.15) is 37.1 Å². The van der Waals surface area contributed by atoms with Crippen LogP contribution in [0.1, 0.15) is 78.1 Å². The third-order valence-electron chi connectivity index (χ3n) is 14.2. The van der Waals surface area contributed by atoms with Crippen LogP contribution in [-0.2, 0) is 38.0 Å². The Balaban J connectivity index is 1.01.